The van der Waals surface area contributed by atoms with Gasteiger partial charge in [0.2, 0.25) is 5.89 Å². The number of anilines is 1. The average molecular weight is 312 g/mol. The topological polar surface area (TPSA) is 54.2 Å². The van der Waals surface area contributed by atoms with Gasteiger partial charge in [0.1, 0.15) is 0 Å². The van der Waals surface area contributed by atoms with Gasteiger partial charge in [-0.25, -0.2) is 0 Å². The van der Waals surface area contributed by atoms with Crippen molar-refractivity contribution >= 4 is 5.69 Å². The lowest BCUT2D eigenvalue weighted by molar-refractivity contribution is 0.0749. The predicted octanol–water partition coefficient (Wildman–Crippen LogP) is 2.68. The maximum absolute atomic E-state index is 5.15. The summed E-state index contributed by atoms with van der Waals surface area (Å²) in [5.41, 5.74) is 4.21. The molecule has 1 unspecified atom stereocenters. The van der Waals surface area contributed by atoms with Gasteiger partial charge in [-0.3, -0.25) is 0 Å². The van der Waals surface area contributed by atoms with Crippen LogP contribution < -0.4 is 5.32 Å². The van der Waals surface area contributed by atoms with E-state index in [0.717, 1.165) is 18.5 Å². The minimum absolute atomic E-state index is 0.229. The monoisotopic (exact) mass is 312 g/mol. The molecule has 1 N–H and O–H groups in total. The van der Waals surface area contributed by atoms with E-state index in [1.54, 1.807) is 0 Å². The lowest BCUT2D eigenvalue weighted by atomic mass is 9.61. The fourth-order valence-electron chi connectivity index (χ4n) is 4.04. The molecule has 0 bridgehead atoms. The quantitative estimate of drug-likeness (QED) is 0.940. The molecule has 0 amide bonds. The lowest BCUT2D eigenvalue weighted by Crippen LogP contribution is -2.49. The van der Waals surface area contributed by atoms with E-state index in [1.807, 2.05) is 0 Å². The Kier molecular flexibility index (Phi) is 3.41. The first-order valence-electron chi connectivity index (χ1n) is 8.35. The Morgan fingerprint density at radius 1 is 1.35 bits per heavy atom. The van der Waals surface area contributed by atoms with Crippen molar-refractivity contribution < 1.29 is 4.52 Å². The minimum Gasteiger partial charge on any atom is -0.384 e. The SMILES string of the molecule is CN(C)C1CC(C2(C)CNc3ccc(Cc4ncno4)cc32)C1. The first kappa shape index (κ1) is 14.7. The number of nitrogens with one attached hydrogen (secondary N) is 1. The van der Waals surface area contributed by atoms with Crippen LogP contribution in [0.5, 0.6) is 0 Å². The standard InChI is InChI=1S/C18H24N4O/c1-18(13-8-14(9-13)22(2)3)10-19-16-5-4-12(6-15(16)18)7-17-20-11-21-23-17/h4-6,11,13-14,19H,7-10H2,1-3H3. The van der Waals surface area contributed by atoms with Gasteiger partial charge < -0.3 is 14.7 Å². The fourth-order valence-corrected chi connectivity index (χ4v) is 4.04. The molecule has 2 aromatic rings. The third-order valence-electron chi connectivity index (χ3n) is 5.85. The Morgan fingerprint density at radius 2 is 2.17 bits per heavy atom. The molecule has 1 saturated carbocycles. The Labute approximate surface area is 137 Å². The van der Waals surface area contributed by atoms with Crippen molar-refractivity contribution in [3.05, 3.63) is 41.5 Å². The molecule has 0 radical (unpaired) electrons. The third kappa shape index (κ3) is 2.43. The molecule has 2 aliphatic rings. The van der Waals surface area contributed by atoms with Crippen LogP contribution in [0.15, 0.2) is 29.0 Å². The van der Waals surface area contributed by atoms with Gasteiger partial charge in [0.05, 0.1) is 6.42 Å². The molecule has 1 aromatic carbocycles. The Bertz CT molecular complexity index is 691. The van der Waals surface area contributed by atoms with Crippen molar-refractivity contribution in [2.75, 3.05) is 26.0 Å². The van der Waals surface area contributed by atoms with Crippen LogP contribution >= 0.6 is 0 Å². The number of rotatable bonds is 4. The second-order valence-electron chi connectivity index (χ2n) is 7.45. The molecule has 0 spiro atoms. The number of nitrogens with zero attached hydrogens (tertiary/aromatic N) is 3. The Hall–Kier alpha value is -1.88. The van der Waals surface area contributed by atoms with Crippen LogP contribution in [0, 0.1) is 5.92 Å². The number of hydrogen-bond donors (Lipinski definition) is 1. The first-order valence-corrected chi connectivity index (χ1v) is 8.35. The second kappa shape index (κ2) is 5.34. The summed E-state index contributed by atoms with van der Waals surface area (Å²) in [5, 5.41) is 7.30. The molecule has 4 rings (SSSR count). The smallest absolute Gasteiger partial charge is 0.230 e. The normalized spacial score (nSPS) is 29.2. The van der Waals surface area contributed by atoms with Gasteiger partial charge in [-0.05, 0) is 50.0 Å². The van der Waals surface area contributed by atoms with Crippen molar-refractivity contribution in [2.24, 2.45) is 5.92 Å². The van der Waals surface area contributed by atoms with Gasteiger partial charge in [0.15, 0.2) is 6.33 Å². The predicted molar refractivity (Wildman–Crippen MR) is 89.6 cm³/mol. The molecule has 5 nitrogen and oxygen atoms in total. The van der Waals surface area contributed by atoms with Crippen LogP contribution in [-0.4, -0.2) is 41.7 Å². The van der Waals surface area contributed by atoms with Gasteiger partial charge in [-0.1, -0.05) is 24.2 Å². The number of fused-ring (bicyclic) bond motifs is 1. The van der Waals surface area contributed by atoms with E-state index in [1.165, 1.54) is 36.0 Å². The zero-order chi connectivity index (χ0) is 16.0. The molecule has 122 valence electrons. The van der Waals surface area contributed by atoms with E-state index in [-0.39, 0.29) is 5.41 Å². The van der Waals surface area contributed by atoms with E-state index in [0.29, 0.717) is 12.3 Å². The van der Waals surface area contributed by atoms with Gasteiger partial charge in [0.25, 0.3) is 0 Å². The van der Waals surface area contributed by atoms with Crippen molar-refractivity contribution in [1.82, 2.24) is 15.0 Å². The van der Waals surface area contributed by atoms with Crippen molar-refractivity contribution in [3.63, 3.8) is 0 Å². The van der Waals surface area contributed by atoms with Gasteiger partial charge in [-0.2, -0.15) is 4.98 Å². The fraction of sp³-hybridized carbons (Fsp3) is 0.556. The van der Waals surface area contributed by atoms with E-state index in [9.17, 15) is 0 Å². The van der Waals surface area contributed by atoms with E-state index >= 15 is 0 Å². The largest absolute Gasteiger partial charge is 0.384 e. The maximum atomic E-state index is 5.15. The molecular formula is C18H24N4O. The number of aromatic nitrogens is 2. The highest BCUT2D eigenvalue weighted by atomic mass is 16.5. The van der Waals surface area contributed by atoms with E-state index in [4.69, 9.17) is 4.52 Å². The van der Waals surface area contributed by atoms with Crippen LogP contribution in [-0.2, 0) is 11.8 Å². The van der Waals surface area contributed by atoms with Crippen LogP contribution in [0.25, 0.3) is 0 Å². The third-order valence-corrected chi connectivity index (χ3v) is 5.85. The molecule has 1 aliphatic heterocycles. The van der Waals surface area contributed by atoms with Crippen molar-refractivity contribution in [3.8, 4) is 0 Å². The summed E-state index contributed by atoms with van der Waals surface area (Å²) in [4.78, 5) is 6.49. The molecule has 1 aromatic heterocycles. The molecule has 2 heterocycles. The molecule has 1 aliphatic carbocycles. The van der Waals surface area contributed by atoms with Crippen LogP contribution in [0.4, 0.5) is 5.69 Å². The van der Waals surface area contributed by atoms with Crippen LogP contribution in [0.1, 0.15) is 36.8 Å². The van der Waals surface area contributed by atoms with Crippen LogP contribution in [0.2, 0.25) is 0 Å². The van der Waals surface area contributed by atoms with Gasteiger partial charge >= 0.3 is 0 Å². The molecule has 1 fully saturated rings. The summed E-state index contributed by atoms with van der Waals surface area (Å²) in [6.45, 7) is 3.45. The minimum atomic E-state index is 0.229. The highest BCUT2D eigenvalue weighted by Crippen LogP contribution is 2.50. The zero-order valence-electron chi connectivity index (χ0n) is 14.0. The average Bonchev–Trinajstić information content (AvgIpc) is 3.07. The maximum Gasteiger partial charge on any atom is 0.230 e. The molecule has 23 heavy (non-hydrogen) atoms. The summed E-state index contributed by atoms with van der Waals surface area (Å²) in [6.07, 6.45) is 4.75. The summed E-state index contributed by atoms with van der Waals surface area (Å²) in [5.74, 6) is 1.43. The van der Waals surface area contributed by atoms with Crippen LogP contribution in [0.3, 0.4) is 0 Å². The summed E-state index contributed by atoms with van der Waals surface area (Å²) in [7, 11) is 4.37. The highest BCUT2D eigenvalue weighted by molar-refractivity contribution is 5.62. The summed E-state index contributed by atoms with van der Waals surface area (Å²) >= 11 is 0. The van der Waals surface area contributed by atoms with E-state index < -0.39 is 0 Å². The van der Waals surface area contributed by atoms with Gasteiger partial charge in [-0.15, -0.1) is 0 Å². The van der Waals surface area contributed by atoms with Crippen molar-refractivity contribution in [1.29, 1.82) is 0 Å². The molecule has 1 atom stereocenters. The number of benzene rings is 1. The highest BCUT2D eigenvalue weighted by Gasteiger charge is 2.47. The lowest BCUT2D eigenvalue weighted by Gasteiger charge is -2.48. The summed E-state index contributed by atoms with van der Waals surface area (Å²) in [6, 6.07) is 7.43. The second-order valence-corrected chi connectivity index (χ2v) is 7.45. The number of hydrogen-bond acceptors (Lipinski definition) is 5. The molecular weight excluding hydrogens is 288 g/mol. The Morgan fingerprint density at radius 3 is 2.87 bits per heavy atom. The molecule has 5 heteroatoms. The van der Waals surface area contributed by atoms with Gasteiger partial charge in [0, 0.05) is 23.7 Å². The van der Waals surface area contributed by atoms with Crippen molar-refractivity contribution in [2.45, 2.75) is 37.6 Å². The summed E-state index contributed by atoms with van der Waals surface area (Å²) < 4.78 is 5.15. The molecule has 0 saturated heterocycles. The zero-order valence-corrected chi connectivity index (χ0v) is 14.0. The first-order chi connectivity index (χ1) is 11.1. The Balaban J connectivity index is 1.57. The van der Waals surface area contributed by atoms with E-state index in [2.05, 4.69) is 59.6 Å².